The molecule has 5 aliphatic rings. The van der Waals surface area contributed by atoms with Crippen LogP contribution in [0.15, 0.2) is 0 Å². The van der Waals surface area contributed by atoms with Gasteiger partial charge in [0.1, 0.15) is 11.2 Å². The Kier molecular flexibility index (Phi) is 8.00. The number of aliphatic hydroxyl groups is 1. The van der Waals surface area contributed by atoms with Gasteiger partial charge in [-0.05, 0) is 88.9 Å². The lowest BCUT2D eigenvalue weighted by molar-refractivity contribution is -0.222. The molecule has 4 bridgehead atoms. The molecule has 5 saturated carbocycles. The van der Waals surface area contributed by atoms with Crippen LogP contribution in [0.5, 0.6) is 0 Å². The van der Waals surface area contributed by atoms with Gasteiger partial charge in [-0.15, -0.1) is 0 Å². The average molecular weight is 451 g/mol. The molecular formula is C27H46O5. The number of rotatable bonds is 7. The van der Waals surface area contributed by atoms with E-state index in [1.165, 1.54) is 19.3 Å². The van der Waals surface area contributed by atoms with Gasteiger partial charge >= 0.3 is 11.9 Å². The number of hydrogen-bond acceptors (Lipinski definition) is 5. The zero-order valence-corrected chi connectivity index (χ0v) is 21.1. The highest BCUT2D eigenvalue weighted by molar-refractivity contribution is 5.73. The van der Waals surface area contributed by atoms with Crippen molar-refractivity contribution in [1.82, 2.24) is 0 Å². The van der Waals surface area contributed by atoms with E-state index in [0.29, 0.717) is 18.3 Å². The summed E-state index contributed by atoms with van der Waals surface area (Å²) < 4.78 is 11.5. The Bertz CT molecular complexity index is 651. The quantitative estimate of drug-likeness (QED) is 0.485. The van der Waals surface area contributed by atoms with E-state index in [4.69, 9.17) is 9.47 Å². The summed E-state index contributed by atoms with van der Waals surface area (Å²) in [6.07, 6.45) is 12.9. The maximum absolute atomic E-state index is 12.1. The average Bonchev–Trinajstić information content (AvgIpc) is 3.19. The second-order valence-corrected chi connectivity index (χ2v) is 11.6. The Morgan fingerprint density at radius 1 is 0.875 bits per heavy atom. The van der Waals surface area contributed by atoms with Crippen LogP contribution in [0.4, 0.5) is 0 Å². The van der Waals surface area contributed by atoms with E-state index in [0.717, 1.165) is 57.8 Å². The number of hydrogen-bond donors (Lipinski definition) is 1. The van der Waals surface area contributed by atoms with Crippen LogP contribution < -0.4 is 0 Å². The van der Waals surface area contributed by atoms with Gasteiger partial charge in [0, 0.05) is 6.42 Å². The third-order valence-electron chi connectivity index (χ3n) is 8.80. The van der Waals surface area contributed by atoms with Crippen LogP contribution in [-0.4, -0.2) is 33.8 Å². The van der Waals surface area contributed by atoms with E-state index in [2.05, 4.69) is 6.92 Å². The standard InChI is InChI=1S/C15H24O3.C12H22O2/c1-3-10(2)13(16)18-15-7-11-4-12(8-15)6-14(17,5-11)9-15;1-4-10(3)11(13)14-12(5-2)8-6-7-9-12/h10-12,17H,3-9H2,1-2H3;10H,4-9H2,1-3H3. The largest absolute Gasteiger partial charge is 0.459 e. The first-order chi connectivity index (χ1) is 15.1. The molecule has 0 saturated heterocycles. The molecule has 0 radical (unpaired) electrons. The Morgan fingerprint density at radius 3 is 1.81 bits per heavy atom. The highest BCUT2D eigenvalue weighted by Gasteiger charge is 2.59. The van der Waals surface area contributed by atoms with Crippen LogP contribution in [-0.2, 0) is 19.1 Å². The van der Waals surface area contributed by atoms with Gasteiger partial charge in [0.25, 0.3) is 0 Å². The monoisotopic (exact) mass is 450 g/mol. The summed E-state index contributed by atoms with van der Waals surface area (Å²) in [7, 11) is 0. The minimum Gasteiger partial charge on any atom is -0.459 e. The molecule has 0 heterocycles. The van der Waals surface area contributed by atoms with Gasteiger partial charge in [0.2, 0.25) is 0 Å². The molecular weight excluding hydrogens is 404 g/mol. The number of ether oxygens (including phenoxy) is 2. The molecule has 4 unspecified atom stereocenters. The van der Waals surface area contributed by atoms with Crippen molar-refractivity contribution in [3.63, 3.8) is 0 Å². The van der Waals surface area contributed by atoms with Crippen molar-refractivity contribution in [3.05, 3.63) is 0 Å². The maximum atomic E-state index is 12.1. The van der Waals surface area contributed by atoms with E-state index in [9.17, 15) is 14.7 Å². The fraction of sp³-hybridized carbons (Fsp3) is 0.926. The Balaban J connectivity index is 0.000000188. The molecule has 5 heteroatoms. The molecule has 0 spiro atoms. The number of esters is 2. The zero-order valence-electron chi connectivity index (χ0n) is 21.1. The van der Waals surface area contributed by atoms with Crippen LogP contribution in [0, 0.1) is 23.7 Å². The third-order valence-corrected chi connectivity index (χ3v) is 8.80. The minimum atomic E-state index is -0.542. The van der Waals surface area contributed by atoms with Crippen molar-refractivity contribution < 1.29 is 24.2 Å². The Labute approximate surface area is 195 Å². The summed E-state index contributed by atoms with van der Waals surface area (Å²) in [6.45, 7) is 10.0. The summed E-state index contributed by atoms with van der Waals surface area (Å²) in [5, 5.41) is 10.6. The highest BCUT2D eigenvalue weighted by Crippen LogP contribution is 2.59. The minimum absolute atomic E-state index is 0.00347. The second-order valence-electron chi connectivity index (χ2n) is 11.6. The first-order valence-corrected chi connectivity index (χ1v) is 13.2. The van der Waals surface area contributed by atoms with Gasteiger partial charge in [0.05, 0.1) is 17.4 Å². The molecule has 5 nitrogen and oxygen atoms in total. The van der Waals surface area contributed by atoms with E-state index in [1.807, 2.05) is 27.7 Å². The molecule has 4 atom stereocenters. The van der Waals surface area contributed by atoms with Crippen LogP contribution in [0.1, 0.15) is 118 Å². The summed E-state index contributed by atoms with van der Waals surface area (Å²) in [5.74, 6) is 1.10. The van der Waals surface area contributed by atoms with Gasteiger partial charge in [-0.1, -0.05) is 34.6 Å². The lowest BCUT2D eigenvalue weighted by Crippen LogP contribution is -2.60. The summed E-state index contributed by atoms with van der Waals surface area (Å²) in [6, 6.07) is 0. The molecule has 0 aliphatic heterocycles. The van der Waals surface area contributed by atoms with Crippen LogP contribution in [0.3, 0.4) is 0 Å². The fourth-order valence-corrected chi connectivity index (χ4v) is 6.76. The van der Waals surface area contributed by atoms with Crippen molar-refractivity contribution in [2.75, 3.05) is 0 Å². The van der Waals surface area contributed by atoms with Crippen LogP contribution in [0.2, 0.25) is 0 Å². The summed E-state index contributed by atoms with van der Waals surface area (Å²) in [4.78, 5) is 23.7. The predicted molar refractivity (Wildman–Crippen MR) is 125 cm³/mol. The van der Waals surface area contributed by atoms with Crippen molar-refractivity contribution in [2.45, 2.75) is 135 Å². The molecule has 32 heavy (non-hydrogen) atoms. The molecule has 5 rings (SSSR count). The topological polar surface area (TPSA) is 72.8 Å². The third kappa shape index (κ3) is 5.69. The molecule has 0 aromatic heterocycles. The van der Waals surface area contributed by atoms with Gasteiger partial charge in [-0.2, -0.15) is 0 Å². The van der Waals surface area contributed by atoms with Crippen LogP contribution >= 0.6 is 0 Å². The summed E-state index contributed by atoms with van der Waals surface area (Å²) in [5.41, 5.74) is -0.986. The van der Waals surface area contributed by atoms with Crippen molar-refractivity contribution in [3.8, 4) is 0 Å². The first-order valence-electron chi connectivity index (χ1n) is 13.2. The molecule has 0 amide bonds. The van der Waals surface area contributed by atoms with Gasteiger partial charge in [-0.25, -0.2) is 0 Å². The normalized spacial score (nSPS) is 36.1. The lowest BCUT2D eigenvalue weighted by atomic mass is 9.52. The predicted octanol–water partition coefficient (Wildman–Crippen LogP) is 5.96. The Hall–Kier alpha value is -1.10. The van der Waals surface area contributed by atoms with Gasteiger partial charge < -0.3 is 14.6 Å². The van der Waals surface area contributed by atoms with E-state index in [-0.39, 0.29) is 35.0 Å². The number of carbonyl (C=O) groups excluding carboxylic acids is 2. The highest BCUT2D eigenvalue weighted by atomic mass is 16.6. The Morgan fingerprint density at radius 2 is 1.38 bits per heavy atom. The molecule has 0 aromatic rings. The fourth-order valence-electron chi connectivity index (χ4n) is 6.76. The van der Waals surface area contributed by atoms with Crippen molar-refractivity contribution >= 4 is 11.9 Å². The summed E-state index contributed by atoms with van der Waals surface area (Å²) >= 11 is 0. The van der Waals surface area contributed by atoms with Gasteiger partial charge in [-0.3, -0.25) is 9.59 Å². The van der Waals surface area contributed by atoms with Crippen molar-refractivity contribution in [1.29, 1.82) is 0 Å². The zero-order chi connectivity index (χ0) is 23.6. The smallest absolute Gasteiger partial charge is 0.309 e. The van der Waals surface area contributed by atoms with E-state index < -0.39 is 5.60 Å². The molecule has 5 fully saturated rings. The SMILES string of the molecule is CCC(C)C(=O)OC1(CC)CCCC1.CCC(C)C(=O)OC12CC3CC(CC(O)(C3)C1)C2. The second kappa shape index (κ2) is 10.0. The van der Waals surface area contributed by atoms with E-state index >= 15 is 0 Å². The molecule has 0 aromatic carbocycles. The maximum Gasteiger partial charge on any atom is 0.309 e. The first kappa shape index (κ1) is 25.5. The van der Waals surface area contributed by atoms with Gasteiger partial charge in [0.15, 0.2) is 0 Å². The van der Waals surface area contributed by atoms with E-state index in [1.54, 1.807) is 0 Å². The molecule has 184 valence electrons. The van der Waals surface area contributed by atoms with Crippen LogP contribution in [0.25, 0.3) is 0 Å². The lowest BCUT2D eigenvalue weighted by Gasteiger charge is -2.59. The molecule has 5 aliphatic carbocycles. The molecule has 1 N–H and O–H groups in total. The number of carbonyl (C=O) groups is 2. The van der Waals surface area contributed by atoms with Crippen molar-refractivity contribution in [2.24, 2.45) is 23.7 Å².